The molecule has 82 valence electrons. The molecule has 0 bridgehead atoms. The second-order valence-electron chi connectivity index (χ2n) is 3.34. The number of hydrogen-bond donors (Lipinski definition) is 2. The van der Waals surface area contributed by atoms with Crippen LogP contribution in [0.3, 0.4) is 0 Å². The first-order chi connectivity index (χ1) is 7.86. The van der Waals surface area contributed by atoms with Crippen molar-refractivity contribution in [2.45, 2.75) is 6.54 Å². The normalized spacial score (nSPS) is 13.4. The Labute approximate surface area is 94.2 Å². The Morgan fingerprint density at radius 2 is 2.06 bits per heavy atom. The number of carbonyl (C=O) groups excluding carboxylic acids is 1. The molecular weight excluding hydrogens is 202 g/mol. The minimum absolute atomic E-state index is 0.176. The van der Waals surface area contributed by atoms with E-state index in [2.05, 4.69) is 10.7 Å². The lowest BCUT2D eigenvalue weighted by molar-refractivity contribution is 0.204. The fourth-order valence-corrected chi connectivity index (χ4v) is 1.34. The van der Waals surface area contributed by atoms with E-state index in [-0.39, 0.29) is 6.03 Å². The van der Waals surface area contributed by atoms with E-state index >= 15 is 0 Å². The van der Waals surface area contributed by atoms with Crippen molar-refractivity contribution in [2.75, 3.05) is 0 Å². The van der Waals surface area contributed by atoms with Gasteiger partial charge in [-0.3, -0.25) is 5.43 Å². The van der Waals surface area contributed by atoms with Gasteiger partial charge in [0, 0.05) is 18.9 Å². The van der Waals surface area contributed by atoms with Crippen molar-refractivity contribution >= 4 is 6.03 Å². The molecule has 0 saturated carbocycles. The van der Waals surface area contributed by atoms with Crippen LogP contribution in [0.4, 0.5) is 4.79 Å². The number of rotatable bonds is 2. The maximum absolute atomic E-state index is 11.6. The monoisotopic (exact) mass is 215 g/mol. The largest absolute Gasteiger partial charge is 0.340 e. The van der Waals surface area contributed by atoms with E-state index in [1.54, 1.807) is 18.5 Å². The number of hydrogen-bond acceptors (Lipinski definition) is 2. The smallest absolute Gasteiger partial charge is 0.332 e. The molecule has 1 heterocycles. The molecule has 16 heavy (non-hydrogen) atoms. The third-order valence-corrected chi connectivity index (χ3v) is 2.16. The van der Waals surface area contributed by atoms with Crippen LogP contribution in [-0.2, 0) is 6.54 Å². The molecule has 4 nitrogen and oxygen atoms in total. The van der Waals surface area contributed by atoms with E-state index in [1.807, 2.05) is 36.4 Å². The van der Waals surface area contributed by atoms with Gasteiger partial charge in [-0.1, -0.05) is 30.3 Å². The predicted octanol–water partition coefficient (Wildman–Crippen LogP) is 1.74. The zero-order valence-electron chi connectivity index (χ0n) is 8.76. The van der Waals surface area contributed by atoms with E-state index in [1.165, 1.54) is 5.01 Å². The SMILES string of the molecule is O=C(NCc1ccccc1)N1C=CC=CN1. The Morgan fingerprint density at radius 3 is 2.75 bits per heavy atom. The number of carbonyl (C=O) groups is 1. The first-order valence-corrected chi connectivity index (χ1v) is 5.07. The summed E-state index contributed by atoms with van der Waals surface area (Å²) in [6, 6.07) is 9.61. The van der Waals surface area contributed by atoms with Crippen molar-refractivity contribution in [2.24, 2.45) is 0 Å². The highest BCUT2D eigenvalue weighted by Gasteiger charge is 2.08. The van der Waals surface area contributed by atoms with Crippen LogP contribution in [0.1, 0.15) is 5.56 Å². The maximum Gasteiger partial charge on any atom is 0.340 e. The summed E-state index contributed by atoms with van der Waals surface area (Å²) < 4.78 is 0. The van der Waals surface area contributed by atoms with Gasteiger partial charge >= 0.3 is 6.03 Å². The maximum atomic E-state index is 11.6. The van der Waals surface area contributed by atoms with Crippen LogP contribution in [0.15, 0.2) is 54.9 Å². The number of allylic oxidation sites excluding steroid dienone is 2. The summed E-state index contributed by atoms with van der Waals surface area (Å²) in [6.07, 6.45) is 6.97. The standard InChI is InChI=1S/C12H13N3O/c16-12(15-9-5-4-8-14-15)13-10-11-6-2-1-3-7-11/h1-9,14H,10H2,(H,13,16). The van der Waals surface area contributed by atoms with Gasteiger partial charge in [0.05, 0.1) is 0 Å². The summed E-state index contributed by atoms with van der Waals surface area (Å²) in [5.41, 5.74) is 3.89. The summed E-state index contributed by atoms with van der Waals surface area (Å²) in [7, 11) is 0. The molecule has 4 heteroatoms. The average Bonchev–Trinajstić information content (AvgIpc) is 2.38. The molecule has 0 unspecified atom stereocenters. The number of urea groups is 1. The quantitative estimate of drug-likeness (QED) is 0.789. The van der Waals surface area contributed by atoms with Crippen LogP contribution < -0.4 is 10.7 Å². The third-order valence-electron chi connectivity index (χ3n) is 2.16. The van der Waals surface area contributed by atoms with Crippen molar-refractivity contribution in [3.8, 4) is 0 Å². The summed E-state index contributed by atoms with van der Waals surface area (Å²) in [6.45, 7) is 0.523. The summed E-state index contributed by atoms with van der Waals surface area (Å²) in [4.78, 5) is 11.6. The average molecular weight is 215 g/mol. The van der Waals surface area contributed by atoms with Crippen molar-refractivity contribution < 1.29 is 4.79 Å². The Kier molecular flexibility index (Phi) is 3.23. The second kappa shape index (κ2) is 5.02. The molecular formula is C12H13N3O. The van der Waals surface area contributed by atoms with Gasteiger partial charge in [-0.15, -0.1) is 0 Å². The molecule has 0 saturated heterocycles. The van der Waals surface area contributed by atoms with Crippen LogP contribution in [0.5, 0.6) is 0 Å². The highest BCUT2D eigenvalue weighted by molar-refractivity contribution is 5.75. The van der Waals surface area contributed by atoms with Gasteiger partial charge in [0.1, 0.15) is 0 Å². The molecule has 0 aromatic heterocycles. The van der Waals surface area contributed by atoms with Gasteiger partial charge in [-0.05, 0) is 17.7 Å². The van der Waals surface area contributed by atoms with Gasteiger partial charge < -0.3 is 5.32 Å². The number of hydrazine groups is 1. The minimum Gasteiger partial charge on any atom is -0.332 e. The summed E-state index contributed by atoms with van der Waals surface area (Å²) >= 11 is 0. The number of nitrogens with one attached hydrogen (secondary N) is 2. The highest BCUT2D eigenvalue weighted by Crippen LogP contribution is 1.99. The number of amides is 2. The second-order valence-corrected chi connectivity index (χ2v) is 3.34. The number of benzene rings is 1. The van der Waals surface area contributed by atoms with Crippen molar-refractivity contribution in [3.05, 3.63) is 60.4 Å². The minimum atomic E-state index is -0.176. The fourth-order valence-electron chi connectivity index (χ4n) is 1.34. The van der Waals surface area contributed by atoms with Gasteiger partial charge in [-0.2, -0.15) is 0 Å². The molecule has 0 spiro atoms. The van der Waals surface area contributed by atoms with E-state index in [4.69, 9.17) is 0 Å². The molecule has 2 rings (SSSR count). The molecule has 1 aliphatic heterocycles. The van der Waals surface area contributed by atoms with Crippen molar-refractivity contribution in [1.29, 1.82) is 0 Å². The van der Waals surface area contributed by atoms with Crippen molar-refractivity contribution in [3.63, 3.8) is 0 Å². The molecule has 1 aromatic rings. The summed E-state index contributed by atoms with van der Waals surface area (Å²) in [5, 5.41) is 4.20. The zero-order chi connectivity index (χ0) is 11.2. The third kappa shape index (κ3) is 2.63. The molecule has 0 radical (unpaired) electrons. The first kappa shape index (κ1) is 10.3. The Hall–Kier alpha value is -2.23. The lowest BCUT2D eigenvalue weighted by Gasteiger charge is -2.20. The highest BCUT2D eigenvalue weighted by atomic mass is 16.2. The Morgan fingerprint density at radius 1 is 1.25 bits per heavy atom. The van der Waals surface area contributed by atoms with Crippen LogP contribution in [0, 0.1) is 0 Å². The molecule has 0 atom stereocenters. The topological polar surface area (TPSA) is 44.4 Å². The first-order valence-electron chi connectivity index (χ1n) is 5.07. The van der Waals surface area contributed by atoms with Crippen LogP contribution in [0.25, 0.3) is 0 Å². The molecule has 0 aliphatic carbocycles. The predicted molar refractivity (Wildman–Crippen MR) is 61.9 cm³/mol. The van der Waals surface area contributed by atoms with Gasteiger partial charge in [0.15, 0.2) is 0 Å². The zero-order valence-corrected chi connectivity index (χ0v) is 8.76. The summed E-state index contributed by atoms with van der Waals surface area (Å²) in [5.74, 6) is 0. The molecule has 1 aliphatic rings. The van der Waals surface area contributed by atoms with Crippen molar-refractivity contribution in [1.82, 2.24) is 15.8 Å². The molecule has 0 fully saturated rings. The van der Waals surface area contributed by atoms with Crippen LogP contribution >= 0.6 is 0 Å². The van der Waals surface area contributed by atoms with Gasteiger partial charge in [-0.25, -0.2) is 9.80 Å². The Balaban J connectivity index is 1.84. The lowest BCUT2D eigenvalue weighted by atomic mass is 10.2. The molecule has 2 amide bonds. The van der Waals surface area contributed by atoms with Gasteiger partial charge in [0.2, 0.25) is 0 Å². The number of nitrogens with zero attached hydrogens (tertiary/aromatic N) is 1. The molecule has 1 aromatic carbocycles. The Bertz CT molecular complexity index is 412. The van der Waals surface area contributed by atoms with E-state index in [0.717, 1.165) is 5.56 Å². The lowest BCUT2D eigenvalue weighted by Crippen LogP contribution is -2.43. The van der Waals surface area contributed by atoms with E-state index < -0.39 is 0 Å². The van der Waals surface area contributed by atoms with E-state index in [0.29, 0.717) is 6.54 Å². The fraction of sp³-hybridized carbons (Fsp3) is 0.0833. The van der Waals surface area contributed by atoms with Crippen LogP contribution in [0.2, 0.25) is 0 Å². The van der Waals surface area contributed by atoms with E-state index in [9.17, 15) is 4.79 Å². The molecule has 2 N–H and O–H groups in total. The van der Waals surface area contributed by atoms with Gasteiger partial charge in [0.25, 0.3) is 0 Å². The van der Waals surface area contributed by atoms with Crippen LogP contribution in [-0.4, -0.2) is 11.0 Å².